The molecule has 0 radical (unpaired) electrons. The van der Waals surface area contributed by atoms with Gasteiger partial charge >= 0.3 is 0 Å². The van der Waals surface area contributed by atoms with Gasteiger partial charge in [-0.1, -0.05) is 11.6 Å². The summed E-state index contributed by atoms with van der Waals surface area (Å²) in [6.07, 6.45) is 0.711. The second-order valence-electron chi connectivity index (χ2n) is 3.36. The molecule has 4 nitrogen and oxygen atoms in total. The Morgan fingerprint density at radius 1 is 1.53 bits per heavy atom. The van der Waals surface area contributed by atoms with E-state index in [1.165, 1.54) is 12.1 Å². The number of rotatable bonds is 6. The van der Waals surface area contributed by atoms with Crippen molar-refractivity contribution in [3.8, 4) is 5.75 Å². The molecule has 94 valence electrons. The van der Waals surface area contributed by atoms with Gasteiger partial charge in [-0.2, -0.15) is 0 Å². The van der Waals surface area contributed by atoms with Crippen LogP contribution in [0.15, 0.2) is 18.2 Å². The molecule has 0 saturated carbocycles. The first-order valence-electron chi connectivity index (χ1n) is 5.18. The van der Waals surface area contributed by atoms with Gasteiger partial charge in [-0.15, -0.1) is 0 Å². The molecule has 0 bridgehead atoms. The first kappa shape index (κ1) is 13.7. The minimum atomic E-state index is -0.449. The molecular formula is C11H14ClFN2O2. The van der Waals surface area contributed by atoms with Crippen LogP contribution in [0.3, 0.4) is 0 Å². The quantitative estimate of drug-likeness (QED) is 0.759. The summed E-state index contributed by atoms with van der Waals surface area (Å²) in [5.74, 6) is -0.435. The average molecular weight is 261 g/mol. The van der Waals surface area contributed by atoms with E-state index >= 15 is 0 Å². The van der Waals surface area contributed by atoms with Crippen LogP contribution in [0.4, 0.5) is 4.39 Å². The number of nitrogens with one attached hydrogen (secondary N) is 1. The Morgan fingerprint density at radius 3 is 2.94 bits per heavy atom. The van der Waals surface area contributed by atoms with Gasteiger partial charge in [0.1, 0.15) is 11.6 Å². The van der Waals surface area contributed by atoms with Gasteiger partial charge in [-0.3, -0.25) is 4.79 Å². The van der Waals surface area contributed by atoms with E-state index < -0.39 is 5.82 Å². The van der Waals surface area contributed by atoms with Crippen LogP contribution in [0.1, 0.15) is 6.42 Å². The van der Waals surface area contributed by atoms with E-state index in [1.54, 1.807) is 0 Å². The van der Waals surface area contributed by atoms with Crippen molar-refractivity contribution < 1.29 is 13.9 Å². The monoisotopic (exact) mass is 260 g/mol. The molecule has 0 heterocycles. The zero-order valence-electron chi connectivity index (χ0n) is 9.21. The Hall–Kier alpha value is -1.33. The summed E-state index contributed by atoms with van der Waals surface area (Å²) in [6, 6.07) is 3.72. The van der Waals surface area contributed by atoms with Crippen LogP contribution >= 0.6 is 11.6 Å². The fraction of sp³-hybridized carbons (Fsp3) is 0.364. The maximum atomic E-state index is 12.7. The molecule has 0 saturated heterocycles. The van der Waals surface area contributed by atoms with E-state index in [0.29, 0.717) is 19.5 Å². The minimum Gasteiger partial charge on any atom is -0.482 e. The molecule has 0 aromatic heterocycles. The van der Waals surface area contributed by atoms with Gasteiger partial charge in [0.15, 0.2) is 6.61 Å². The van der Waals surface area contributed by atoms with Gasteiger partial charge in [0, 0.05) is 6.54 Å². The highest BCUT2D eigenvalue weighted by Crippen LogP contribution is 2.24. The molecular weight excluding hydrogens is 247 g/mol. The lowest BCUT2D eigenvalue weighted by Gasteiger charge is -2.08. The summed E-state index contributed by atoms with van der Waals surface area (Å²) in [5, 5.41) is 2.76. The van der Waals surface area contributed by atoms with E-state index in [4.69, 9.17) is 22.1 Å². The van der Waals surface area contributed by atoms with Crippen LogP contribution in [0.2, 0.25) is 5.02 Å². The molecule has 1 aromatic carbocycles. The zero-order chi connectivity index (χ0) is 12.7. The molecule has 0 aliphatic rings. The van der Waals surface area contributed by atoms with Crippen molar-refractivity contribution in [2.24, 2.45) is 5.73 Å². The number of nitrogens with two attached hydrogens (primary N) is 1. The second kappa shape index (κ2) is 7.09. The molecule has 1 amide bonds. The lowest BCUT2D eigenvalue weighted by atomic mass is 10.3. The van der Waals surface area contributed by atoms with Gasteiger partial charge in [-0.25, -0.2) is 4.39 Å². The van der Waals surface area contributed by atoms with Gasteiger partial charge in [0.05, 0.1) is 5.02 Å². The third kappa shape index (κ3) is 5.01. The van der Waals surface area contributed by atoms with Crippen molar-refractivity contribution in [2.45, 2.75) is 6.42 Å². The van der Waals surface area contributed by atoms with Crippen molar-refractivity contribution >= 4 is 17.5 Å². The first-order chi connectivity index (χ1) is 8.13. The fourth-order valence-electron chi connectivity index (χ4n) is 1.12. The van der Waals surface area contributed by atoms with E-state index in [0.717, 1.165) is 6.07 Å². The van der Waals surface area contributed by atoms with Gasteiger partial charge in [0.25, 0.3) is 5.91 Å². The summed E-state index contributed by atoms with van der Waals surface area (Å²) in [4.78, 5) is 11.3. The first-order valence-corrected chi connectivity index (χ1v) is 5.56. The summed E-state index contributed by atoms with van der Waals surface area (Å²) in [6.45, 7) is 0.872. The number of hydrogen-bond donors (Lipinski definition) is 2. The smallest absolute Gasteiger partial charge is 0.257 e. The summed E-state index contributed by atoms with van der Waals surface area (Å²) in [7, 11) is 0. The molecule has 0 unspecified atom stereocenters. The standard InChI is InChI=1S/C11H14ClFN2O2/c12-9-6-8(13)2-3-10(9)17-7-11(16)15-5-1-4-14/h2-3,6H,1,4-5,7,14H2,(H,15,16). The number of amides is 1. The number of halogens is 2. The maximum Gasteiger partial charge on any atom is 0.257 e. The number of carbonyl (C=O) groups is 1. The number of carbonyl (C=O) groups excluding carboxylic acids is 1. The number of ether oxygens (including phenoxy) is 1. The molecule has 6 heteroatoms. The molecule has 1 rings (SSSR count). The molecule has 1 aromatic rings. The van der Waals surface area contributed by atoms with Crippen LogP contribution in [0.5, 0.6) is 5.75 Å². The largest absolute Gasteiger partial charge is 0.482 e. The Balaban J connectivity index is 2.37. The number of benzene rings is 1. The lowest BCUT2D eigenvalue weighted by molar-refractivity contribution is -0.123. The molecule has 0 atom stereocenters. The van der Waals surface area contributed by atoms with Crippen LogP contribution in [0, 0.1) is 5.82 Å². The van der Waals surface area contributed by atoms with Crippen LogP contribution < -0.4 is 15.8 Å². The zero-order valence-corrected chi connectivity index (χ0v) is 9.97. The van der Waals surface area contributed by atoms with Crippen molar-refractivity contribution in [3.63, 3.8) is 0 Å². The van der Waals surface area contributed by atoms with E-state index in [-0.39, 0.29) is 23.3 Å². The Bertz CT molecular complexity index is 388. The minimum absolute atomic E-state index is 0.139. The van der Waals surface area contributed by atoms with Crippen LogP contribution in [-0.2, 0) is 4.79 Å². The Morgan fingerprint density at radius 2 is 2.29 bits per heavy atom. The van der Waals surface area contributed by atoms with E-state index in [2.05, 4.69) is 5.32 Å². The predicted molar refractivity (Wildman–Crippen MR) is 63.6 cm³/mol. The third-order valence-corrected chi connectivity index (χ3v) is 2.25. The Kier molecular flexibility index (Phi) is 5.72. The summed E-state index contributed by atoms with van der Waals surface area (Å²) < 4.78 is 17.9. The van der Waals surface area contributed by atoms with Gasteiger partial charge in [0.2, 0.25) is 0 Å². The van der Waals surface area contributed by atoms with Gasteiger partial charge in [-0.05, 0) is 31.2 Å². The van der Waals surface area contributed by atoms with Crippen LogP contribution in [-0.4, -0.2) is 25.6 Å². The van der Waals surface area contributed by atoms with E-state index in [1.807, 2.05) is 0 Å². The SMILES string of the molecule is NCCCNC(=O)COc1ccc(F)cc1Cl. The molecule has 0 aliphatic carbocycles. The molecule has 0 spiro atoms. The summed E-state index contributed by atoms with van der Waals surface area (Å²) >= 11 is 5.73. The third-order valence-electron chi connectivity index (χ3n) is 1.96. The second-order valence-corrected chi connectivity index (χ2v) is 3.76. The topological polar surface area (TPSA) is 64.3 Å². The fourth-order valence-corrected chi connectivity index (χ4v) is 1.34. The van der Waals surface area contributed by atoms with Crippen molar-refractivity contribution in [2.75, 3.05) is 19.7 Å². The van der Waals surface area contributed by atoms with Crippen LogP contribution in [0.25, 0.3) is 0 Å². The van der Waals surface area contributed by atoms with Crippen molar-refractivity contribution in [3.05, 3.63) is 29.0 Å². The highest BCUT2D eigenvalue weighted by atomic mass is 35.5. The number of hydrogen-bond acceptors (Lipinski definition) is 3. The normalized spacial score (nSPS) is 10.1. The highest BCUT2D eigenvalue weighted by molar-refractivity contribution is 6.32. The molecule has 0 fully saturated rings. The van der Waals surface area contributed by atoms with Gasteiger partial charge < -0.3 is 15.8 Å². The van der Waals surface area contributed by atoms with Crippen molar-refractivity contribution in [1.82, 2.24) is 5.32 Å². The predicted octanol–water partition coefficient (Wildman–Crippen LogP) is 1.32. The Labute approximate surface area is 104 Å². The highest BCUT2D eigenvalue weighted by Gasteiger charge is 2.06. The summed E-state index contributed by atoms with van der Waals surface area (Å²) in [5.41, 5.74) is 5.28. The molecule has 3 N–H and O–H groups in total. The molecule has 0 aliphatic heterocycles. The maximum absolute atomic E-state index is 12.7. The van der Waals surface area contributed by atoms with Crippen molar-refractivity contribution in [1.29, 1.82) is 0 Å². The lowest BCUT2D eigenvalue weighted by Crippen LogP contribution is -2.30. The average Bonchev–Trinajstić information content (AvgIpc) is 2.28. The molecule has 17 heavy (non-hydrogen) atoms. The van der Waals surface area contributed by atoms with E-state index in [9.17, 15) is 9.18 Å².